The number of fused-ring (bicyclic) bond motifs is 1. The van der Waals surface area contributed by atoms with E-state index in [4.69, 9.17) is 16.0 Å². The highest BCUT2D eigenvalue weighted by Gasteiger charge is 2.13. The zero-order chi connectivity index (χ0) is 17.3. The number of amides is 1. The number of oxazole rings is 1. The first kappa shape index (κ1) is 16.3. The minimum Gasteiger partial charge on any atom is -0.408 e. The van der Waals surface area contributed by atoms with Crippen LogP contribution in [0.25, 0.3) is 11.1 Å². The summed E-state index contributed by atoms with van der Waals surface area (Å²) in [4.78, 5) is 24.2. The molecule has 24 heavy (non-hydrogen) atoms. The van der Waals surface area contributed by atoms with Crippen molar-refractivity contribution >= 4 is 34.3 Å². The van der Waals surface area contributed by atoms with Crippen molar-refractivity contribution in [3.8, 4) is 0 Å². The molecular formula is C18H17ClN2O3. The minimum absolute atomic E-state index is 0.126. The van der Waals surface area contributed by atoms with E-state index in [1.54, 1.807) is 18.2 Å². The van der Waals surface area contributed by atoms with Gasteiger partial charge in [-0.25, -0.2) is 4.79 Å². The molecule has 5 nitrogen and oxygen atoms in total. The third-order valence-corrected chi connectivity index (χ3v) is 4.03. The Bertz CT molecular complexity index is 939. The molecule has 0 aliphatic rings. The lowest BCUT2D eigenvalue weighted by Gasteiger charge is -2.08. The van der Waals surface area contributed by atoms with Gasteiger partial charge in [-0.3, -0.25) is 9.36 Å². The van der Waals surface area contributed by atoms with Gasteiger partial charge in [0.1, 0.15) is 6.54 Å². The highest BCUT2D eigenvalue weighted by atomic mass is 35.5. The predicted molar refractivity (Wildman–Crippen MR) is 94.6 cm³/mol. The fourth-order valence-corrected chi connectivity index (χ4v) is 2.65. The molecule has 0 radical (unpaired) electrons. The maximum absolute atomic E-state index is 12.2. The summed E-state index contributed by atoms with van der Waals surface area (Å²) in [5.41, 5.74) is 2.78. The fourth-order valence-electron chi connectivity index (χ4n) is 2.49. The van der Waals surface area contributed by atoms with Gasteiger partial charge in [0.05, 0.1) is 5.52 Å². The lowest BCUT2D eigenvalue weighted by molar-refractivity contribution is -0.116. The molecule has 3 rings (SSSR count). The molecule has 0 saturated heterocycles. The van der Waals surface area contributed by atoms with E-state index >= 15 is 0 Å². The summed E-state index contributed by atoms with van der Waals surface area (Å²) in [5.74, 6) is -0.456. The predicted octanol–water partition coefficient (Wildman–Crippen LogP) is 4.01. The van der Waals surface area contributed by atoms with Crippen molar-refractivity contribution in [2.75, 3.05) is 5.32 Å². The molecule has 3 aromatic rings. The first-order chi connectivity index (χ1) is 11.4. The molecule has 6 heteroatoms. The summed E-state index contributed by atoms with van der Waals surface area (Å²) in [6.45, 7) is 4.09. The van der Waals surface area contributed by atoms with E-state index in [9.17, 15) is 9.59 Å². The zero-order valence-electron chi connectivity index (χ0n) is 13.4. The van der Waals surface area contributed by atoms with Gasteiger partial charge in [-0.1, -0.05) is 37.6 Å². The molecule has 0 saturated carbocycles. The zero-order valence-corrected chi connectivity index (χ0v) is 14.1. The van der Waals surface area contributed by atoms with Crippen molar-refractivity contribution in [1.29, 1.82) is 0 Å². The van der Waals surface area contributed by atoms with Gasteiger partial charge < -0.3 is 9.73 Å². The monoisotopic (exact) mass is 344 g/mol. The molecule has 0 aliphatic heterocycles. The molecule has 0 aliphatic carbocycles. The Hall–Kier alpha value is -2.53. The van der Waals surface area contributed by atoms with Crippen molar-refractivity contribution in [3.05, 3.63) is 63.6 Å². The van der Waals surface area contributed by atoms with Gasteiger partial charge in [-0.15, -0.1) is 0 Å². The molecule has 0 atom stereocenters. The summed E-state index contributed by atoms with van der Waals surface area (Å²) in [7, 11) is 0. The van der Waals surface area contributed by atoms with Gasteiger partial charge in [0, 0.05) is 16.8 Å². The number of hydrogen-bond donors (Lipinski definition) is 1. The molecule has 2 aromatic carbocycles. The summed E-state index contributed by atoms with van der Waals surface area (Å²) in [6.07, 6.45) is 0. The number of rotatable bonds is 4. The van der Waals surface area contributed by atoms with Crippen LogP contribution < -0.4 is 11.1 Å². The lowest BCUT2D eigenvalue weighted by Crippen LogP contribution is -2.24. The van der Waals surface area contributed by atoms with E-state index in [0.717, 1.165) is 0 Å². The Kier molecular flexibility index (Phi) is 4.44. The first-order valence-corrected chi connectivity index (χ1v) is 8.00. The van der Waals surface area contributed by atoms with Crippen LogP contribution in [0.1, 0.15) is 25.3 Å². The molecule has 1 N–H and O–H groups in total. The second-order valence-corrected chi connectivity index (χ2v) is 6.33. The number of carbonyl (C=O) groups is 1. The van der Waals surface area contributed by atoms with Gasteiger partial charge in [0.2, 0.25) is 5.91 Å². The molecule has 0 unspecified atom stereocenters. The standard InChI is InChI=1S/C18H17ClN2O3/c1-11(2)12-3-6-14(7-4-12)20-17(22)10-21-15-8-5-13(19)9-16(15)24-18(21)23/h3-9,11H,10H2,1-2H3,(H,20,22). The van der Waals surface area contributed by atoms with Crippen molar-refractivity contribution in [2.24, 2.45) is 0 Å². The summed E-state index contributed by atoms with van der Waals surface area (Å²) in [5, 5.41) is 3.25. The van der Waals surface area contributed by atoms with Gasteiger partial charge in [-0.05, 0) is 35.7 Å². The first-order valence-electron chi connectivity index (χ1n) is 7.63. The number of nitrogens with one attached hydrogen (secondary N) is 1. The topological polar surface area (TPSA) is 64.2 Å². The SMILES string of the molecule is CC(C)c1ccc(NC(=O)Cn2c(=O)oc3cc(Cl)ccc32)cc1. The van der Waals surface area contributed by atoms with Gasteiger partial charge in [0.25, 0.3) is 0 Å². The van der Waals surface area contributed by atoms with Crippen LogP contribution in [0.3, 0.4) is 0 Å². The Labute approximate surface area is 143 Å². The molecule has 1 heterocycles. The number of nitrogens with zero attached hydrogens (tertiary/aromatic N) is 1. The summed E-state index contributed by atoms with van der Waals surface area (Å²) in [6, 6.07) is 12.5. The third-order valence-electron chi connectivity index (χ3n) is 3.79. The Morgan fingerprint density at radius 2 is 1.92 bits per heavy atom. The van der Waals surface area contributed by atoms with Gasteiger partial charge in [0.15, 0.2) is 5.58 Å². The highest BCUT2D eigenvalue weighted by Crippen LogP contribution is 2.19. The van der Waals surface area contributed by atoms with Crippen LogP contribution in [0.4, 0.5) is 5.69 Å². The van der Waals surface area contributed by atoms with E-state index in [-0.39, 0.29) is 12.5 Å². The molecule has 1 amide bonds. The van der Waals surface area contributed by atoms with E-state index in [0.29, 0.717) is 27.7 Å². The quantitative estimate of drug-likeness (QED) is 0.777. The van der Waals surface area contributed by atoms with Gasteiger partial charge in [-0.2, -0.15) is 0 Å². The van der Waals surface area contributed by atoms with E-state index in [2.05, 4.69) is 19.2 Å². The van der Waals surface area contributed by atoms with E-state index in [1.165, 1.54) is 10.1 Å². The Morgan fingerprint density at radius 3 is 2.58 bits per heavy atom. The Balaban J connectivity index is 1.78. The van der Waals surface area contributed by atoms with Crippen molar-refractivity contribution in [1.82, 2.24) is 4.57 Å². The molecule has 124 valence electrons. The normalized spacial score (nSPS) is 11.2. The van der Waals surface area contributed by atoms with Gasteiger partial charge >= 0.3 is 5.76 Å². The average molecular weight is 345 g/mol. The third kappa shape index (κ3) is 3.36. The van der Waals surface area contributed by atoms with Crippen LogP contribution in [-0.4, -0.2) is 10.5 Å². The van der Waals surface area contributed by atoms with Crippen molar-refractivity contribution in [2.45, 2.75) is 26.3 Å². The fraction of sp³-hybridized carbons (Fsp3) is 0.222. The van der Waals surface area contributed by atoms with Crippen LogP contribution in [0, 0.1) is 0 Å². The maximum atomic E-state index is 12.2. The van der Waals surface area contributed by atoms with Crippen LogP contribution >= 0.6 is 11.6 Å². The maximum Gasteiger partial charge on any atom is 0.420 e. The van der Waals surface area contributed by atoms with E-state index < -0.39 is 5.76 Å². The number of halogens is 1. The smallest absolute Gasteiger partial charge is 0.408 e. The molecule has 0 spiro atoms. The van der Waals surface area contributed by atoms with Crippen molar-refractivity contribution in [3.63, 3.8) is 0 Å². The molecule has 0 bridgehead atoms. The van der Waals surface area contributed by atoms with Crippen LogP contribution in [0.2, 0.25) is 5.02 Å². The summed E-state index contributed by atoms with van der Waals surface area (Å²) >= 11 is 5.88. The second-order valence-electron chi connectivity index (χ2n) is 5.89. The average Bonchev–Trinajstić information content (AvgIpc) is 2.82. The number of aromatic nitrogens is 1. The van der Waals surface area contributed by atoms with Crippen LogP contribution in [0.15, 0.2) is 51.7 Å². The van der Waals surface area contributed by atoms with E-state index in [1.807, 2.05) is 24.3 Å². The van der Waals surface area contributed by atoms with Crippen molar-refractivity contribution < 1.29 is 9.21 Å². The molecular weight excluding hydrogens is 328 g/mol. The molecule has 1 aromatic heterocycles. The highest BCUT2D eigenvalue weighted by molar-refractivity contribution is 6.31. The number of carbonyl (C=O) groups excluding carboxylic acids is 1. The van der Waals surface area contributed by atoms with Crippen LogP contribution in [-0.2, 0) is 11.3 Å². The lowest BCUT2D eigenvalue weighted by atomic mass is 10.0. The number of hydrogen-bond acceptors (Lipinski definition) is 3. The number of anilines is 1. The Morgan fingerprint density at radius 1 is 1.21 bits per heavy atom. The second kappa shape index (κ2) is 6.53. The minimum atomic E-state index is -0.586. The largest absolute Gasteiger partial charge is 0.420 e. The number of benzene rings is 2. The van der Waals surface area contributed by atoms with Crippen LogP contribution in [0.5, 0.6) is 0 Å². The molecule has 0 fully saturated rings. The summed E-state index contributed by atoms with van der Waals surface area (Å²) < 4.78 is 6.40.